The first-order chi connectivity index (χ1) is 8.54. The predicted octanol–water partition coefficient (Wildman–Crippen LogP) is 0.829. The van der Waals surface area contributed by atoms with Crippen molar-refractivity contribution in [3.63, 3.8) is 0 Å². The number of amides is 1. The van der Waals surface area contributed by atoms with Gasteiger partial charge in [-0.25, -0.2) is 4.98 Å². The van der Waals surface area contributed by atoms with Crippen LogP contribution in [-0.2, 0) is 0 Å². The van der Waals surface area contributed by atoms with E-state index in [0.29, 0.717) is 12.1 Å². The van der Waals surface area contributed by atoms with E-state index in [4.69, 9.17) is 0 Å². The van der Waals surface area contributed by atoms with Crippen LogP contribution in [0.4, 0.5) is 5.82 Å². The van der Waals surface area contributed by atoms with E-state index in [-0.39, 0.29) is 5.91 Å². The number of hydrogen-bond acceptors (Lipinski definition) is 4. The summed E-state index contributed by atoms with van der Waals surface area (Å²) < 4.78 is 0. The van der Waals surface area contributed by atoms with Crippen LogP contribution in [0.25, 0.3) is 0 Å². The summed E-state index contributed by atoms with van der Waals surface area (Å²) in [5.74, 6) is 0.803. The Labute approximate surface area is 109 Å². The van der Waals surface area contributed by atoms with E-state index in [1.165, 1.54) is 0 Å². The lowest BCUT2D eigenvalue weighted by Crippen LogP contribution is -2.29. The van der Waals surface area contributed by atoms with Gasteiger partial charge in [-0.2, -0.15) is 0 Å². The van der Waals surface area contributed by atoms with E-state index in [1.807, 2.05) is 34.1 Å². The predicted molar refractivity (Wildman–Crippen MR) is 74.1 cm³/mol. The van der Waals surface area contributed by atoms with Gasteiger partial charge in [-0.1, -0.05) is 0 Å². The smallest absolute Gasteiger partial charge is 0.252 e. The van der Waals surface area contributed by atoms with Crippen molar-refractivity contribution >= 4 is 11.7 Å². The van der Waals surface area contributed by atoms with Crippen LogP contribution in [0.3, 0.4) is 0 Å². The quantitative estimate of drug-likeness (QED) is 0.812. The molecule has 0 aliphatic carbocycles. The van der Waals surface area contributed by atoms with Crippen molar-refractivity contribution in [2.45, 2.75) is 6.92 Å². The molecule has 0 aromatic carbocycles. The Hall–Kier alpha value is -1.62. The lowest BCUT2D eigenvalue weighted by atomic mass is 10.2. The largest absolute Gasteiger partial charge is 0.358 e. The summed E-state index contributed by atoms with van der Waals surface area (Å²) in [5.41, 5.74) is 0.599. The van der Waals surface area contributed by atoms with E-state index in [1.54, 1.807) is 12.3 Å². The SMILES string of the molecule is CCNC(=O)c1ccc(N(C)CCN(C)C)nc1. The Morgan fingerprint density at radius 1 is 1.28 bits per heavy atom. The molecule has 1 heterocycles. The Kier molecular flexibility index (Phi) is 5.58. The van der Waals surface area contributed by atoms with Crippen LogP contribution in [0.15, 0.2) is 18.3 Å². The fourth-order valence-corrected chi connectivity index (χ4v) is 1.47. The van der Waals surface area contributed by atoms with Crippen molar-refractivity contribution in [2.24, 2.45) is 0 Å². The average Bonchev–Trinajstić information content (AvgIpc) is 2.36. The molecule has 0 saturated heterocycles. The van der Waals surface area contributed by atoms with Crippen molar-refractivity contribution in [1.29, 1.82) is 0 Å². The second-order valence-electron chi connectivity index (χ2n) is 4.49. The molecular weight excluding hydrogens is 228 g/mol. The van der Waals surface area contributed by atoms with E-state index < -0.39 is 0 Å². The number of rotatable bonds is 6. The summed E-state index contributed by atoms with van der Waals surface area (Å²) in [6.45, 7) is 4.40. The normalized spacial score (nSPS) is 10.5. The van der Waals surface area contributed by atoms with Gasteiger partial charge in [0.2, 0.25) is 0 Å². The molecule has 18 heavy (non-hydrogen) atoms. The van der Waals surface area contributed by atoms with Gasteiger partial charge in [-0.15, -0.1) is 0 Å². The van der Waals surface area contributed by atoms with Crippen LogP contribution in [0, 0.1) is 0 Å². The highest BCUT2D eigenvalue weighted by Crippen LogP contribution is 2.09. The minimum Gasteiger partial charge on any atom is -0.358 e. The molecule has 0 unspecified atom stereocenters. The third-order valence-corrected chi connectivity index (χ3v) is 2.62. The first-order valence-corrected chi connectivity index (χ1v) is 6.14. The molecule has 0 radical (unpaired) electrons. The lowest BCUT2D eigenvalue weighted by Gasteiger charge is -2.20. The number of aromatic nitrogens is 1. The third kappa shape index (κ3) is 4.33. The van der Waals surface area contributed by atoms with E-state index >= 15 is 0 Å². The van der Waals surface area contributed by atoms with E-state index in [2.05, 4.69) is 20.1 Å². The topological polar surface area (TPSA) is 48.5 Å². The third-order valence-electron chi connectivity index (χ3n) is 2.62. The summed E-state index contributed by atoms with van der Waals surface area (Å²) >= 11 is 0. The Morgan fingerprint density at radius 2 is 2.00 bits per heavy atom. The van der Waals surface area contributed by atoms with Gasteiger partial charge in [-0.05, 0) is 33.2 Å². The molecule has 0 atom stereocenters. The van der Waals surface area contributed by atoms with Gasteiger partial charge < -0.3 is 15.1 Å². The monoisotopic (exact) mass is 250 g/mol. The molecule has 0 aliphatic rings. The maximum Gasteiger partial charge on any atom is 0.252 e. The van der Waals surface area contributed by atoms with Gasteiger partial charge in [0.1, 0.15) is 5.82 Å². The molecule has 5 heteroatoms. The van der Waals surface area contributed by atoms with Gasteiger partial charge >= 0.3 is 0 Å². The van der Waals surface area contributed by atoms with Crippen molar-refractivity contribution in [1.82, 2.24) is 15.2 Å². The number of anilines is 1. The standard InChI is InChI=1S/C13H22N4O/c1-5-14-13(18)11-6-7-12(15-10-11)17(4)9-8-16(2)3/h6-7,10H,5,8-9H2,1-4H3,(H,14,18). The van der Waals surface area contributed by atoms with Gasteiger partial charge in [-0.3, -0.25) is 4.79 Å². The molecule has 0 aliphatic heterocycles. The number of nitrogens with zero attached hydrogens (tertiary/aromatic N) is 3. The zero-order valence-corrected chi connectivity index (χ0v) is 11.6. The Morgan fingerprint density at radius 3 is 2.50 bits per heavy atom. The van der Waals surface area contributed by atoms with Crippen LogP contribution < -0.4 is 10.2 Å². The molecule has 0 fully saturated rings. The number of carbonyl (C=O) groups excluding carboxylic acids is 1. The lowest BCUT2D eigenvalue weighted by molar-refractivity contribution is 0.0955. The average molecular weight is 250 g/mol. The highest BCUT2D eigenvalue weighted by molar-refractivity contribution is 5.93. The number of hydrogen-bond donors (Lipinski definition) is 1. The first-order valence-electron chi connectivity index (χ1n) is 6.14. The van der Waals surface area contributed by atoms with Crippen LogP contribution in [-0.4, -0.2) is 56.6 Å². The molecule has 1 rings (SSSR count). The number of nitrogens with one attached hydrogen (secondary N) is 1. The maximum absolute atomic E-state index is 11.6. The molecule has 0 saturated carbocycles. The van der Waals surface area contributed by atoms with Crippen LogP contribution in [0.1, 0.15) is 17.3 Å². The molecule has 0 bridgehead atoms. The summed E-state index contributed by atoms with van der Waals surface area (Å²) in [5, 5.41) is 2.75. The number of pyridine rings is 1. The molecule has 1 aromatic rings. The van der Waals surface area contributed by atoms with Crippen molar-refractivity contribution < 1.29 is 4.79 Å². The Balaban J connectivity index is 2.61. The van der Waals surface area contributed by atoms with Crippen LogP contribution in [0.5, 0.6) is 0 Å². The highest BCUT2D eigenvalue weighted by Gasteiger charge is 2.07. The minimum atomic E-state index is -0.0764. The van der Waals surface area contributed by atoms with Gasteiger partial charge in [0.05, 0.1) is 5.56 Å². The molecule has 1 amide bonds. The van der Waals surface area contributed by atoms with Crippen molar-refractivity contribution in [3.8, 4) is 0 Å². The minimum absolute atomic E-state index is 0.0764. The zero-order valence-electron chi connectivity index (χ0n) is 11.6. The summed E-state index contributed by atoms with van der Waals surface area (Å²) in [6, 6.07) is 3.68. The summed E-state index contributed by atoms with van der Waals surface area (Å²) in [6.07, 6.45) is 1.62. The fourth-order valence-electron chi connectivity index (χ4n) is 1.47. The van der Waals surface area contributed by atoms with Crippen molar-refractivity contribution in [2.75, 3.05) is 45.7 Å². The molecule has 0 spiro atoms. The van der Waals surface area contributed by atoms with Gasteiger partial charge in [0.15, 0.2) is 0 Å². The van der Waals surface area contributed by atoms with Crippen LogP contribution in [0.2, 0.25) is 0 Å². The molecule has 1 aromatic heterocycles. The van der Waals surface area contributed by atoms with Gasteiger partial charge in [0.25, 0.3) is 5.91 Å². The maximum atomic E-state index is 11.6. The van der Waals surface area contributed by atoms with Crippen molar-refractivity contribution in [3.05, 3.63) is 23.9 Å². The Bertz CT molecular complexity index is 375. The second kappa shape index (κ2) is 6.96. The molecule has 100 valence electrons. The fraction of sp³-hybridized carbons (Fsp3) is 0.538. The summed E-state index contributed by atoms with van der Waals surface area (Å²) in [7, 11) is 6.08. The molecular formula is C13H22N4O. The first kappa shape index (κ1) is 14.4. The number of carbonyl (C=O) groups is 1. The summed E-state index contributed by atoms with van der Waals surface area (Å²) in [4.78, 5) is 20.1. The van der Waals surface area contributed by atoms with E-state index in [0.717, 1.165) is 18.9 Å². The molecule has 5 nitrogen and oxygen atoms in total. The number of likely N-dealkylation sites (N-methyl/N-ethyl adjacent to an activating group) is 2. The highest BCUT2D eigenvalue weighted by atomic mass is 16.1. The van der Waals surface area contributed by atoms with Gasteiger partial charge in [0, 0.05) is 32.9 Å². The van der Waals surface area contributed by atoms with E-state index in [9.17, 15) is 4.79 Å². The van der Waals surface area contributed by atoms with Crippen LogP contribution >= 0.6 is 0 Å². The molecule has 1 N–H and O–H groups in total. The zero-order chi connectivity index (χ0) is 13.5. The second-order valence-corrected chi connectivity index (χ2v) is 4.49.